The van der Waals surface area contributed by atoms with Gasteiger partial charge in [-0.2, -0.15) is 0 Å². The van der Waals surface area contributed by atoms with E-state index in [1.807, 2.05) is 0 Å². The monoisotopic (exact) mass is 289 g/mol. The molecule has 0 spiro atoms. The highest BCUT2D eigenvalue weighted by Gasteiger charge is 2.04. The summed E-state index contributed by atoms with van der Waals surface area (Å²) in [7, 11) is 4.24. The maximum absolute atomic E-state index is 2.33. The first-order valence-electron chi connectivity index (χ1n) is 4.50. The van der Waals surface area contributed by atoms with E-state index in [1.165, 1.54) is 9.13 Å². The quantitative estimate of drug-likeness (QED) is 0.773. The van der Waals surface area contributed by atoms with Crippen molar-refractivity contribution in [1.29, 1.82) is 0 Å². The molecule has 0 saturated heterocycles. The molecule has 1 aromatic rings. The van der Waals surface area contributed by atoms with Gasteiger partial charge in [-0.3, -0.25) is 0 Å². The summed E-state index contributed by atoms with van der Waals surface area (Å²) in [6.45, 7) is 2.25. The molecule has 0 bridgehead atoms. The van der Waals surface area contributed by atoms with Crippen molar-refractivity contribution in [2.75, 3.05) is 14.1 Å². The van der Waals surface area contributed by atoms with Crippen LogP contribution in [0.1, 0.15) is 12.5 Å². The first kappa shape index (κ1) is 11.0. The van der Waals surface area contributed by atoms with Crippen LogP contribution in [0.15, 0.2) is 24.3 Å². The number of benzene rings is 1. The Morgan fingerprint density at radius 3 is 2.23 bits per heavy atom. The van der Waals surface area contributed by atoms with Gasteiger partial charge in [-0.15, -0.1) is 0 Å². The molecule has 2 heteroatoms. The molecule has 0 aliphatic heterocycles. The van der Waals surface area contributed by atoms with Crippen LogP contribution in [0, 0.1) is 3.57 Å². The molecular formula is C11H16IN. The lowest BCUT2D eigenvalue weighted by atomic mass is 10.1. The van der Waals surface area contributed by atoms with Crippen LogP contribution in [0.4, 0.5) is 0 Å². The summed E-state index contributed by atoms with van der Waals surface area (Å²) in [4.78, 5) is 2.25. The summed E-state index contributed by atoms with van der Waals surface area (Å²) in [6.07, 6.45) is 1.13. The van der Waals surface area contributed by atoms with Gasteiger partial charge < -0.3 is 4.90 Å². The minimum absolute atomic E-state index is 0.611. The van der Waals surface area contributed by atoms with E-state index in [9.17, 15) is 0 Å². The summed E-state index contributed by atoms with van der Waals surface area (Å²) in [5, 5.41) is 0. The molecule has 0 fully saturated rings. The summed E-state index contributed by atoms with van der Waals surface area (Å²) >= 11 is 2.33. The molecule has 72 valence electrons. The molecule has 0 aliphatic carbocycles. The highest BCUT2D eigenvalue weighted by Crippen LogP contribution is 2.10. The van der Waals surface area contributed by atoms with E-state index in [4.69, 9.17) is 0 Å². The summed E-state index contributed by atoms with van der Waals surface area (Å²) in [6, 6.07) is 9.36. The Hall–Kier alpha value is -0.0900. The van der Waals surface area contributed by atoms with Gasteiger partial charge in [0.25, 0.3) is 0 Å². The summed E-state index contributed by atoms with van der Waals surface area (Å²) in [5.41, 5.74) is 1.42. The fraction of sp³-hybridized carbons (Fsp3) is 0.455. The molecular weight excluding hydrogens is 273 g/mol. The van der Waals surface area contributed by atoms with Crippen molar-refractivity contribution in [3.8, 4) is 0 Å². The van der Waals surface area contributed by atoms with E-state index >= 15 is 0 Å². The zero-order valence-electron chi connectivity index (χ0n) is 8.42. The molecule has 1 aromatic carbocycles. The Morgan fingerprint density at radius 2 is 1.77 bits per heavy atom. The third kappa shape index (κ3) is 3.65. The molecule has 0 N–H and O–H groups in total. The molecule has 1 nitrogen and oxygen atoms in total. The molecule has 0 aliphatic rings. The van der Waals surface area contributed by atoms with Gasteiger partial charge in [-0.25, -0.2) is 0 Å². The third-order valence-electron chi connectivity index (χ3n) is 2.33. The summed E-state index contributed by atoms with van der Waals surface area (Å²) in [5.74, 6) is 0. The number of rotatable bonds is 3. The van der Waals surface area contributed by atoms with Crippen molar-refractivity contribution in [1.82, 2.24) is 4.90 Å². The van der Waals surface area contributed by atoms with E-state index in [0.717, 1.165) is 6.42 Å². The van der Waals surface area contributed by atoms with Crippen molar-refractivity contribution >= 4 is 22.6 Å². The molecule has 0 radical (unpaired) electrons. The van der Waals surface area contributed by atoms with Crippen LogP contribution < -0.4 is 0 Å². The van der Waals surface area contributed by atoms with Crippen molar-refractivity contribution in [3.63, 3.8) is 0 Å². The van der Waals surface area contributed by atoms with E-state index in [2.05, 4.69) is 72.8 Å². The lowest BCUT2D eigenvalue weighted by molar-refractivity contribution is 0.312. The molecule has 0 heterocycles. The van der Waals surface area contributed by atoms with Crippen LogP contribution in [0.5, 0.6) is 0 Å². The van der Waals surface area contributed by atoms with Gasteiger partial charge >= 0.3 is 0 Å². The molecule has 1 rings (SSSR count). The first-order chi connectivity index (χ1) is 6.09. The largest absolute Gasteiger partial charge is 0.306 e. The predicted molar refractivity (Wildman–Crippen MR) is 66.0 cm³/mol. The Balaban J connectivity index is 2.59. The maximum Gasteiger partial charge on any atom is 0.0130 e. The van der Waals surface area contributed by atoms with Crippen molar-refractivity contribution in [2.24, 2.45) is 0 Å². The molecule has 13 heavy (non-hydrogen) atoms. The maximum atomic E-state index is 2.33. The lowest BCUT2D eigenvalue weighted by Crippen LogP contribution is -2.26. The average Bonchev–Trinajstić information content (AvgIpc) is 2.08. The normalized spacial score (nSPS) is 13.3. The zero-order valence-corrected chi connectivity index (χ0v) is 10.6. The highest BCUT2D eigenvalue weighted by molar-refractivity contribution is 14.1. The lowest BCUT2D eigenvalue weighted by Gasteiger charge is -2.19. The molecule has 0 amide bonds. The van der Waals surface area contributed by atoms with Crippen LogP contribution in [0.2, 0.25) is 0 Å². The standard InChI is InChI=1S/C11H16IN/c1-9(13(2)3)8-10-4-6-11(12)7-5-10/h4-7,9H,8H2,1-3H3/t9-/m1/s1. The van der Waals surface area contributed by atoms with Crippen LogP contribution in [0.3, 0.4) is 0 Å². The fourth-order valence-electron chi connectivity index (χ4n) is 1.14. The Morgan fingerprint density at radius 1 is 1.23 bits per heavy atom. The molecule has 1 atom stereocenters. The van der Waals surface area contributed by atoms with E-state index < -0.39 is 0 Å². The Kier molecular flexibility index (Phi) is 4.19. The number of halogens is 1. The second kappa shape index (κ2) is 4.96. The van der Waals surface area contributed by atoms with Crippen molar-refractivity contribution in [2.45, 2.75) is 19.4 Å². The Bertz CT molecular complexity index is 253. The Labute approximate surface area is 94.3 Å². The SMILES string of the molecule is C[C@H](Cc1ccc(I)cc1)N(C)C. The fourth-order valence-corrected chi connectivity index (χ4v) is 1.50. The number of likely N-dealkylation sites (N-methyl/N-ethyl adjacent to an activating group) is 1. The zero-order chi connectivity index (χ0) is 9.84. The van der Waals surface area contributed by atoms with Gasteiger partial charge in [0.15, 0.2) is 0 Å². The number of nitrogens with zero attached hydrogens (tertiary/aromatic N) is 1. The van der Waals surface area contributed by atoms with Gasteiger partial charge in [0, 0.05) is 9.61 Å². The van der Waals surface area contributed by atoms with Gasteiger partial charge in [0.2, 0.25) is 0 Å². The smallest absolute Gasteiger partial charge is 0.0130 e. The van der Waals surface area contributed by atoms with Crippen LogP contribution in [-0.2, 0) is 6.42 Å². The third-order valence-corrected chi connectivity index (χ3v) is 3.05. The minimum atomic E-state index is 0.611. The van der Waals surface area contributed by atoms with Crippen LogP contribution in [0.25, 0.3) is 0 Å². The second-order valence-electron chi connectivity index (χ2n) is 3.64. The summed E-state index contributed by atoms with van der Waals surface area (Å²) < 4.78 is 1.30. The molecule has 0 aromatic heterocycles. The second-order valence-corrected chi connectivity index (χ2v) is 4.89. The van der Waals surface area contributed by atoms with Gasteiger partial charge in [0.1, 0.15) is 0 Å². The number of hydrogen-bond acceptors (Lipinski definition) is 1. The topological polar surface area (TPSA) is 3.24 Å². The highest BCUT2D eigenvalue weighted by atomic mass is 127. The van der Waals surface area contributed by atoms with Gasteiger partial charge in [0.05, 0.1) is 0 Å². The average molecular weight is 289 g/mol. The molecule has 0 unspecified atom stereocenters. The van der Waals surface area contributed by atoms with Gasteiger partial charge in [-0.05, 0) is 67.7 Å². The van der Waals surface area contributed by atoms with Crippen LogP contribution >= 0.6 is 22.6 Å². The van der Waals surface area contributed by atoms with Crippen molar-refractivity contribution < 1.29 is 0 Å². The molecule has 0 saturated carbocycles. The van der Waals surface area contributed by atoms with Crippen LogP contribution in [-0.4, -0.2) is 25.0 Å². The minimum Gasteiger partial charge on any atom is -0.306 e. The van der Waals surface area contributed by atoms with E-state index in [0.29, 0.717) is 6.04 Å². The van der Waals surface area contributed by atoms with E-state index in [-0.39, 0.29) is 0 Å². The van der Waals surface area contributed by atoms with Crippen molar-refractivity contribution in [3.05, 3.63) is 33.4 Å². The van der Waals surface area contributed by atoms with Gasteiger partial charge in [-0.1, -0.05) is 12.1 Å². The predicted octanol–water partition coefficient (Wildman–Crippen LogP) is 2.78. The van der Waals surface area contributed by atoms with E-state index in [1.54, 1.807) is 0 Å². The first-order valence-corrected chi connectivity index (χ1v) is 5.58. The number of hydrogen-bond donors (Lipinski definition) is 0.